The van der Waals surface area contributed by atoms with Gasteiger partial charge in [0.15, 0.2) is 6.10 Å². The Morgan fingerprint density at radius 3 is 2.73 bits per heavy atom. The van der Waals surface area contributed by atoms with Crippen LogP contribution in [0.15, 0.2) is 6.07 Å². The van der Waals surface area contributed by atoms with Crippen molar-refractivity contribution < 1.29 is 22.7 Å². The summed E-state index contributed by atoms with van der Waals surface area (Å²) in [6.07, 6.45) is -6.39. The van der Waals surface area contributed by atoms with Crippen molar-refractivity contribution in [3.05, 3.63) is 17.5 Å². The van der Waals surface area contributed by atoms with Gasteiger partial charge in [0.1, 0.15) is 5.69 Å². The Morgan fingerprint density at radius 2 is 2.18 bits per heavy atom. The molecule has 5 nitrogen and oxygen atoms in total. The molecule has 0 aromatic carbocycles. The average Bonchev–Trinajstić information content (AvgIpc) is 2.90. The molecule has 0 saturated carbocycles. The number of aryl methyl sites for hydroxylation is 1. The first-order chi connectivity index (χ1) is 10.2. The van der Waals surface area contributed by atoms with Crippen molar-refractivity contribution in [2.75, 3.05) is 19.7 Å². The Balaban J connectivity index is 2.20. The van der Waals surface area contributed by atoms with Gasteiger partial charge in [-0.05, 0) is 18.9 Å². The number of aromatic nitrogens is 2. The molecule has 0 bridgehead atoms. The van der Waals surface area contributed by atoms with Gasteiger partial charge in [0.2, 0.25) is 0 Å². The van der Waals surface area contributed by atoms with Gasteiger partial charge in [0, 0.05) is 13.1 Å². The molecule has 8 heteroatoms. The van der Waals surface area contributed by atoms with E-state index in [1.807, 2.05) is 20.8 Å². The number of rotatable bonds is 3. The SMILES string of the molecule is CCn1nc(C(C)C)cc1C(=O)N1CCOC(C(F)(F)F)C1. The van der Waals surface area contributed by atoms with Crippen LogP contribution in [-0.2, 0) is 11.3 Å². The number of halogens is 3. The summed E-state index contributed by atoms with van der Waals surface area (Å²) in [5.74, 6) is -0.286. The fraction of sp³-hybridized carbons (Fsp3) is 0.714. The first-order valence-electron chi connectivity index (χ1n) is 7.29. The third-order valence-corrected chi connectivity index (χ3v) is 3.63. The van der Waals surface area contributed by atoms with Crippen LogP contribution in [0.5, 0.6) is 0 Å². The van der Waals surface area contributed by atoms with E-state index in [4.69, 9.17) is 4.74 Å². The van der Waals surface area contributed by atoms with E-state index in [0.717, 1.165) is 5.69 Å². The standard InChI is InChI=1S/C14H20F3N3O2/c1-4-20-11(7-10(18-20)9(2)3)13(21)19-5-6-22-12(8-19)14(15,16)17/h7,9,12H,4-6,8H2,1-3H3. The van der Waals surface area contributed by atoms with E-state index in [-0.39, 0.29) is 19.1 Å². The molecule has 1 saturated heterocycles. The van der Waals surface area contributed by atoms with Gasteiger partial charge < -0.3 is 9.64 Å². The van der Waals surface area contributed by atoms with Gasteiger partial charge in [-0.15, -0.1) is 0 Å². The maximum atomic E-state index is 12.8. The van der Waals surface area contributed by atoms with E-state index in [1.54, 1.807) is 6.07 Å². The van der Waals surface area contributed by atoms with Crippen molar-refractivity contribution in [1.82, 2.24) is 14.7 Å². The number of carbonyl (C=O) groups excluding carboxylic acids is 1. The zero-order valence-electron chi connectivity index (χ0n) is 12.9. The minimum Gasteiger partial charge on any atom is -0.365 e. The molecule has 0 radical (unpaired) electrons. The summed E-state index contributed by atoms with van der Waals surface area (Å²) < 4.78 is 44.5. The second-order valence-electron chi connectivity index (χ2n) is 5.58. The van der Waals surface area contributed by atoms with Crippen LogP contribution in [0.25, 0.3) is 0 Å². The van der Waals surface area contributed by atoms with Crippen molar-refractivity contribution in [3.63, 3.8) is 0 Å². The lowest BCUT2D eigenvalue weighted by Crippen LogP contribution is -2.51. The van der Waals surface area contributed by atoms with Gasteiger partial charge in [-0.1, -0.05) is 13.8 Å². The Labute approximate surface area is 127 Å². The van der Waals surface area contributed by atoms with Gasteiger partial charge >= 0.3 is 6.18 Å². The van der Waals surface area contributed by atoms with E-state index >= 15 is 0 Å². The highest BCUT2D eigenvalue weighted by molar-refractivity contribution is 5.92. The molecule has 1 aromatic rings. The first kappa shape index (κ1) is 16.8. The molecule has 1 fully saturated rings. The number of amides is 1. The molecule has 0 spiro atoms. The highest BCUT2D eigenvalue weighted by atomic mass is 19.4. The Hall–Kier alpha value is -1.57. The van der Waals surface area contributed by atoms with Crippen LogP contribution in [0.4, 0.5) is 13.2 Å². The van der Waals surface area contributed by atoms with E-state index in [0.29, 0.717) is 12.2 Å². The van der Waals surface area contributed by atoms with Crippen LogP contribution in [0.1, 0.15) is 42.9 Å². The van der Waals surface area contributed by atoms with Crippen molar-refractivity contribution >= 4 is 5.91 Å². The zero-order valence-corrected chi connectivity index (χ0v) is 12.9. The van der Waals surface area contributed by atoms with Gasteiger partial charge in [-0.25, -0.2) is 0 Å². The molecule has 22 heavy (non-hydrogen) atoms. The highest BCUT2D eigenvalue weighted by Crippen LogP contribution is 2.26. The smallest absolute Gasteiger partial charge is 0.365 e. The first-order valence-corrected chi connectivity index (χ1v) is 7.29. The summed E-state index contributed by atoms with van der Waals surface area (Å²) >= 11 is 0. The molecule has 2 rings (SSSR count). The topological polar surface area (TPSA) is 47.4 Å². The van der Waals surface area contributed by atoms with Crippen LogP contribution in [0, 0.1) is 0 Å². The third kappa shape index (κ3) is 3.43. The molecule has 124 valence electrons. The lowest BCUT2D eigenvalue weighted by molar-refractivity contribution is -0.233. The molecular formula is C14H20F3N3O2. The third-order valence-electron chi connectivity index (χ3n) is 3.63. The number of morpholine rings is 1. The number of hydrogen-bond acceptors (Lipinski definition) is 3. The summed E-state index contributed by atoms with van der Waals surface area (Å²) in [6, 6.07) is 1.66. The number of nitrogens with zero attached hydrogens (tertiary/aromatic N) is 3. The molecule has 2 heterocycles. The monoisotopic (exact) mass is 319 g/mol. The van der Waals surface area contributed by atoms with Gasteiger partial charge in [-0.2, -0.15) is 18.3 Å². The predicted molar refractivity (Wildman–Crippen MR) is 73.7 cm³/mol. The second kappa shape index (κ2) is 6.28. The van der Waals surface area contributed by atoms with E-state index in [1.165, 1.54) is 9.58 Å². The van der Waals surface area contributed by atoms with Crippen molar-refractivity contribution in [3.8, 4) is 0 Å². The molecule has 1 unspecified atom stereocenters. The molecule has 0 N–H and O–H groups in total. The van der Waals surface area contributed by atoms with Gasteiger partial charge in [0.05, 0.1) is 18.8 Å². The minimum atomic E-state index is -4.47. The van der Waals surface area contributed by atoms with Crippen LogP contribution >= 0.6 is 0 Å². The predicted octanol–water partition coefficient (Wildman–Crippen LogP) is 2.43. The van der Waals surface area contributed by atoms with Crippen LogP contribution < -0.4 is 0 Å². The summed E-state index contributed by atoms with van der Waals surface area (Å²) in [6.45, 7) is 5.78. The second-order valence-corrected chi connectivity index (χ2v) is 5.58. The molecule has 1 aliphatic rings. The summed E-state index contributed by atoms with van der Waals surface area (Å²) in [4.78, 5) is 13.7. The average molecular weight is 319 g/mol. The molecule has 1 aromatic heterocycles. The molecule has 0 aliphatic carbocycles. The van der Waals surface area contributed by atoms with Crippen LogP contribution in [0.3, 0.4) is 0 Å². The van der Waals surface area contributed by atoms with Crippen molar-refractivity contribution in [2.24, 2.45) is 0 Å². The van der Waals surface area contributed by atoms with Crippen molar-refractivity contribution in [1.29, 1.82) is 0 Å². The van der Waals surface area contributed by atoms with Crippen LogP contribution in [0.2, 0.25) is 0 Å². The molecule has 1 aliphatic heterocycles. The quantitative estimate of drug-likeness (QED) is 0.860. The van der Waals surface area contributed by atoms with Crippen LogP contribution in [-0.4, -0.2) is 52.6 Å². The molecule has 1 atom stereocenters. The number of hydrogen-bond donors (Lipinski definition) is 0. The maximum Gasteiger partial charge on any atom is 0.416 e. The molecule has 1 amide bonds. The summed E-state index contributed by atoms with van der Waals surface area (Å²) in [7, 11) is 0. The Kier molecular flexibility index (Phi) is 4.79. The normalized spacial score (nSPS) is 19.8. The van der Waals surface area contributed by atoms with E-state index in [2.05, 4.69) is 5.10 Å². The summed E-state index contributed by atoms with van der Waals surface area (Å²) in [5.41, 5.74) is 1.08. The number of alkyl halides is 3. The van der Waals surface area contributed by atoms with Crippen molar-refractivity contribution in [2.45, 2.75) is 45.5 Å². The van der Waals surface area contributed by atoms with Gasteiger partial charge in [-0.3, -0.25) is 9.48 Å². The molecular weight excluding hydrogens is 299 g/mol. The minimum absolute atomic E-state index is 0.118. The highest BCUT2D eigenvalue weighted by Gasteiger charge is 2.44. The fourth-order valence-corrected chi connectivity index (χ4v) is 2.33. The number of ether oxygens (including phenoxy) is 1. The largest absolute Gasteiger partial charge is 0.416 e. The Morgan fingerprint density at radius 1 is 1.50 bits per heavy atom. The Bertz CT molecular complexity index is 540. The lowest BCUT2D eigenvalue weighted by atomic mass is 10.1. The van der Waals surface area contributed by atoms with Gasteiger partial charge in [0.25, 0.3) is 5.91 Å². The fourth-order valence-electron chi connectivity index (χ4n) is 2.33. The maximum absolute atomic E-state index is 12.8. The lowest BCUT2D eigenvalue weighted by Gasteiger charge is -2.33. The van der Waals surface area contributed by atoms with E-state index in [9.17, 15) is 18.0 Å². The zero-order chi connectivity index (χ0) is 16.5. The summed E-state index contributed by atoms with van der Waals surface area (Å²) in [5, 5.41) is 4.33. The van der Waals surface area contributed by atoms with E-state index < -0.39 is 24.7 Å². The number of carbonyl (C=O) groups is 1.